The molecule has 2 N–H and O–H groups in total. The van der Waals surface area contributed by atoms with E-state index < -0.39 is 17.2 Å². The topological polar surface area (TPSA) is 91.5 Å². The summed E-state index contributed by atoms with van der Waals surface area (Å²) >= 11 is 5.65. The van der Waals surface area contributed by atoms with Gasteiger partial charge in [-0.15, -0.1) is 0 Å². The molecule has 0 radical (unpaired) electrons. The lowest BCUT2D eigenvalue weighted by molar-refractivity contribution is 0.288. The largest absolute Gasteiger partial charge is 0.527 e. The predicted molar refractivity (Wildman–Crippen MR) is 74.6 cm³/mol. The molecule has 1 aromatic heterocycles. The summed E-state index contributed by atoms with van der Waals surface area (Å²) in [5, 5.41) is 0.260. The summed E-state index contributed by atoms with van der Waals surface area (Å²) in [4.78, 5) is 3.81. The van der Waals surface area contributed by atoms with Crippen LogP contribution in [0.25, 0.3) is 0 Å². The van der Waals surface area contributed by atoms with Crippen LogP contribution in [0.4, 0.5) is 0 Å². The Morgan fingerprint density at radius 1 is 1.15 bits per heavy atom. The molecule has 0 bridgehead atoms. The van der Waals surface area contributed by atoms with Crippen LogP contribution in [-0.2, 0) is 19.0 Å². The van der Waals surface area contributed by atoms with Crippen molar-refractivity contribution in [3.8, 4) is 0 Å². The molecule has 0 unspecified atom stereocenters. The maximum Gasteiger partial charge on any atom is 0.527 e. The fourth-order valence-electron chi connectivity index (χ4n) is 1.44. The third kappa shape index (κ3) is 3.56. The lowest BCUT2D eigenvalue weighted by atomic mass is 9.81. The summed E-state index contributed by atoms with van der Waals surface area (Å²) in [5.41, 5.74) is 0.330. The van der Waals surface area contributed by atoms with E-state index in [1.165, 1.54) is 30.5 Å². The molecule has 0 atom stereocenters. The second kappa shape index (κ2) is 6.34. The Hall–Kier alpha value is -1.45. The highest BCUT2D eigenvalue weighted by Gasteiger charge is 2.29. The average molecular weight is 313 g/mol. The van der Waals surface area contributed by atoms with Crippen LogP contribution in [0.15, 0.2) is 53.6 Å². The van der Waals surface area contributed by atoms with Crippen LogP contribution in [0, 0.1) is 0 Å². The van der Waals surface area contributed by atoms with Crippen molar-refractivity contribution >= 4 is 34.3 Å². The Balaban J connectivity index is 2.24. The molecule has 0 aliphatic heterocycles. The van der Waals surface area contributed by atoms with Gasteiger partial charge in [0.05, 0.1) is 4.90 Å². The molecule has 0 saturated heterocycles. The van der Waals surface area contributed by atoms with E-state index in [0.29, 0.717) is 5.46 Å². The Bertz CT molecular complexity index is 667. The molecule has 6 nitrogen and oxygen atoms in total. The van der Waals surface area contributed by atoms with Gasteiger partial charge in [0.25, 0.3) is 10.1 Å². The number of hydrogen-bond acceptors (Lipinski definition) is 6. The smallest absolute Gasteiger partial charge is 0.324 e. The van der Waals surface area contributed by atoms with Gasteiger partial charge in [-0.2, -0.15) is 8.42 Å². The van der Waals surface area contributed by atoms with Crippen molar-refractivity contribution in [1.82, 2.24) is 4.98 Å². The number of rotatable bonds is 5. The summed E-state index contributed by atoms with van der Waals surface area (Å²) in [6.45, 7) is 0. The fraction of sp³-hybridized carbons (Fsp3) is 0. The van der Waals surface area contributed by atoms with Gasteiger partial charge in [0.15, 0.2) is 0 Å². The highest BCUT2D eigenvalue weighted by Crippen LogP contribution is 2.12. The van der Waals surface area contributed by atoms with Crippen molar-refractivity contribution < 1.29 is 17.3 Å². The highest BCUT2D eigenvalue weighted by atomic mass is 35.5. The third-order valence-electron chi connectivity index (χ3n) is 2.39. The van der Waals surface area contributed by atoms with E-state index in [1.54, 1.807) is 18.2 Å². The molecule has 0 spiro atoms. The molecule has 1 aromatic carbocycles. The van der Waals surface area contributed by atoms with Crippen molar-refractivity contribution in [2.75, 3.05) is 0 Å². The lowest BCUT2D eigenvalue weighted by Crippen LogP contribution is -2.41. The summed E-state index contributed by atoms with van der Waals surface area (Å²) in [6.07, 6.45) is 1.32. The minimum absolute atomic E-state index is 0.00368. The van der Waals surface area contributed by atoms with E-state index in [-0.39, 0.29) is 10.0 Å². The molecule has 0 aliphatic rings. The zero-order chi connectivity index (χ0) is 14.6. The number of pyridine rings is 1. The Kier molecular flexibility index (Phi) is 4.74. The molecule has 20 heavy (non-hydrogen) atoms. The monoisotopic (exact) mass is 312 g/mol. The molecule has 104 valence electrons. The fourth-order valence-corrected chi connectivity index (χ4v) is 2.54. The van der Waals surface area contributed by atoms with Gasteiger partial charge < -0.3 is 4.76 Å². The maximum absolute atomic E-state index is 12.0. The Morgan fingerprint density at radius 2 is 1.85 bits per heavy atom. The summed E-state index contributed by atoms with van der Waals surface area (Å²) in [7, 11) is -5.30. The predicted octanol–water partition coefficient (Wildman–Crippen LogP) is 0.726. The minimum Gasteiger partial charge on any atom is -0.324 e. The number of nitrogens with two attached hydrogens (primary N) is 1. The van der Waals surface area contributed by atoms with Gasteiger partial charge in [-0.25, -0.2) is 10.9 Å². The zero-order valence-corrected chi connectivity index (χ0v) is 11.7. The first-order valence-electron chi connectivity index (χ1n) is 5.48. The van der Waals surface area contributed by atoms with E-state index in [0.717, 1.165) is 0 Å². The summed E-state index contributed by atoms with van der Waals surface area (Å²) < 4.78 is 33.6. The SMILES string of the molecule is NOB(OS(=O)(=O)c1ccccc1)c1ccc(Cl)nc1. The van der Waals surface area contributed by atoms with Gasteiger partial charge in [0, 0.05) is 11.7 Å². The van der Waals surface area contributed by atoms with Gasteiger partial charge in [0.1, 0.15) is 5.15 Å². The molecule has 2 rings (SSSR count). The van der Waals surface area contributed by atoms with E-state index in [2.05, 4.69) is 9.74 Å². The maximum atomic E-state index is 12.0. The zero-order valence-electron chi connectivity index (χ0n) is 10.1. The molecule has 0 aliphatic carbocycles. The van der Waals surface area contributed by atoms with Crippen LogP contribution >= 0.6 is 11.6 Å². The van der Waals surface area contributed by atoms with Crippen molar-refractivity contribution in [3.63, 3.8) is 0 Å². The number of benzene rings is 1. The van der Waals surface area contributed by atoms with Gasteiger partial charge in [-0.3, -0.25) is 4.10 Å². The first kappa shape index (κ1) is 15.0. The Morgan fingerprint density at radius 3 is 2.40 bits per heavy atom. The standard InChI is InChI=1S/C11H10BClN2O4S/c13-11-7-6-9(8-15-11)12(18-14)19-20(16,17)10-4-2-1-3-5-10/h1-8H,14H2. The van der Waals surface area contributed by atoms with E-state index >= 15 is 0 Å². The number of hydrogen-bond donors (Lipinski definition) is 1. The Labute approximate surface area is 121 Å². The molecule has 9 heteroatoms. The van der Waals surface area contributed by atoms with Gasteiger partial charge >= 0.3 is 7.12 Å². The second-order valence-corrected chi connectivity index (χ2v) is 5.71. The van der Waals surface area contributed by atoms with Crippen LogP contribution < -0.4 is 11.4 Å². The molecule has 0 fully saturated rings. The highest BCUT2D eigenvalue weighted by molar-refractivity contribution is 7.87. The molecular formula is C11H10BClN2O4S. The first-order chi connectivity index (χ1) is 9.53. The van der Waals surface area contributed by atoms with Crippen molar-refractivity contribution in [3.05, 3.63) is 53.8 Å². The van der Waals surface area contributed by atoms with Gasteiger partial charge in [-0.05, 0) is 18.2 Å². The van der Waals surface area contributed by atoms with E-state index in [1.807, 2.05) is 0 Å². The minimum atomic E-state index is -4.00. The van der Waals surface area contributed by atoms with Crippen molar-refractivity contribution in [2.24, 2.45) is 5.90 Å². The first-order valence-corrected chi connectivity index (χ1v) is 7.27. The van der Waals surface area contributed by atoms with Gasteiger partial charge in [-0.1, -0.05) is 35.9 Å². The second-order valence-electron chi connectivity index (χ2n) is 3.75. The van der Waals surface area contributed by atoms with Crippen molar-refractivity contribution in [2.45, 2.75) is 4.90 Å². The number of aromatic nitrogens is 1. The van der Waals surface area contributed by atoms with Crippen LogP contribution in [-0.4, -0.2) is 20.5 Å². The van der Waals surface area contributed by atoms with E-state index in [4.69, 9.17) is 21.6 Å². The molecule has 0 amide bonds. The summed E-state index contributed by atoms with van der Waals surface area (Å²) in [6, 6.07) is 10.6. The normalized spacial score (nSPS) is 11.3. The molecular weight excluding hydrogens is 302 g/mol. The van der Waals surface area contributed by atoms with Crippen molar-refractivity contribution in [1.29, 1.82) is 0 Å². The van der Waals surface area contributed by atoms with E-state index in [9.17, 15) is 8.42 Å². The number of nitrogens with zero attached hydrogens (tertiary/aromatic N) is 1. The third-order valence-corrected chi connectivity index (χ3v) is 3.89. The lowest BCUT2D eigenvalue weighted by Gasteiger charge is -2.11. The summed E-state index contributed by atoms with van der Waals surface area (Å²) in [5.74, 6) is 5.08. The molecule has 0 saturated carbocycles. The van der Waals surface area contributed by atoms with Crippen LogP contribution in [0.1, 0.15) is 0 Å². The average Bonchev–Trinajstić information content (AvgIpc) is 2.47. The molecule has 2 aromatic rings. The quantitative estimate of drug-likeness (QED) is 0.497. The van der Waals surface area contributed by atoms with Crippen LogP contribution in [0.3, 0.4) is 0 Å². The molecule has 1 heterocycles. The number of halogens is 1. The van der Waals surface area contributed by atoms with Gasteiger partial charge in [0.2, 0.25) is 0 Å². The van der Waals surface area contributed by atoms with Crippen LogP contribution in [0.5, 0.6) is 0 Å². The van der Waals surface area contributed by atoms with Crippen LogP contribution in [0.2, 0.25) is 5.15 Å².